The van der Waals surface area contributed by atoms with Gasteiger partial charge in [-0.2, -0.15) is 4.98 Å². The number of benzene rings is 2. The van der Waals surface area contributed by atoms with Crippen molar-refractivity contribution in [3.05, 3.63) is 69.5 Å². The van der Waals surface area contributed by atoms with Gasteiger partial charge in [-0.15, -0.1) is 11.8 Å². The Bertz CT molecular complexity index is 2060. The first kappa shape index (κ1) is 38.6. The highest BCUT2D eigenvalue weighted by molar-refractivity contribution is 7.98. The van der Waals surface area contributed by atoms with Gasteiger partial charge in [-0.05, 0) is 43.2 Å². The van der Waals surface area contributed by atoms with Gasteiger partial charge in [0.15, 0.2) is 23.1 Å². The van der Waals surface area contributed by atoms with Crippen molar-refractivity contribution in [3.8, 4) is 17.2 Å². The number of nitrogens with one attached hydrogen (secondary N) is 1. The summed E-state index contributed by atoms with van der Waals surface area (Å²) in [7, 11) is -0.668. The van der Waals surface area contributed by atoms with Crippen molar-refractivity contribution in [2.24, 2.45) is 5.92 Å². The molecule has 2 N–H and O–H groups in total. The molecule has 53 heavy (non-hydrogen) atoms. The van der Waals surface area contributed by atoms with Crippen LogP contribution in [-0.4, -0.2) is 79.2 Å². The van der Waals surface area contributed by atoms with E-state index in [1.165, 1.54) is 32.0 Å². The number of carbonyl (C=O) groups excluding carboxylic acids is 3. The summed E-state index contributed by atoms with van der Waals surface area (Å²) in [5.41, 5.74) is -1.70. The number of rotatable bonds is 13. The van der Waals surface area contributed by atoms with E-state index in [-0.39, 0.29) is 70.2 Å². The van der Waals surface area contributed by atoms with Crippen LogP contribution >= 0.6 is 23.4 Å². The molecule has 0 radical (unpaired) electrons. The average molecular weight is 788 g/mol. The van der Waals surface area contributed by atoms with E-state index < -0.39 is 56.5 Å². The van der Waals surface area contributed by atoms with Crippen molar-refractivity contribution in [1.29, 1.82) is 0 Å². The van der Waals surface area contributed by atoms with E-state index in [9.17, 15) is 27.9 Å². The quantitative estimate of drug-likeness (QED) is 0.184. The molecule has 0 bridgehead atoms. The Kier molecular flexibility index (Phi) is 11.2. The van der Waals surface area contributed by atoms with Crippen molar-refractivity contribution < 1.29 is 46.6 Å². The summed E-state index contributed by atoms with van der Waals surface area (Å²) in [5, 5.41) is 19.2. The number of hydrogen-bond donors (Lipinski definition) is 2. The van der Waals surface area contributed by atoms with Crippen molar-refractivity contribution in [3.63, 3.8) is 0 Å². The zero-order valence-corrected chi connectivity index (χ0v) is 32.5. The molecule has 4 atom stereocenters. The van der Waals surface area contributed by atoms with Crippen LogP contribution in [0.25, 0.3) is 0 Å². The fraction of sp³-hybridized carbons (Fsp3) is 0.486. The molecule has 3 aromatic rings. The minimum atomic E-state index is -3.44. The first-order valence-electron chi connectivity index (χ1n) is 17.3. The van der Waals surface area contributed by atoms with Gasteiger partial charge in [0.2, 0.25) is 23.2 Å². The smallest absolute Gasteiger partial charge is 0.249 e. The molecule has 1 saturated carbocycles. The lowest BCUT2D eigenvalue weighted by atomic mass is 9.69. The lowest BCUT2D eigenvalue weighted by molar-refractivity contribution is -0.122. The van der Waals surface area contributed by atoms with E-state index in [0.29, 0.717) is 11.4 Å². The highest BCUT2D eigenvalue weighted by Crippen LogP contribution is 2.56. The van der Waals surface area contributed by atoms with Gasteiger partial charge < -0.3 is 29.2 Å². The topological polar surface area (TPSA) is 184 Å². The van der Waals surface area contributed by atoms with E-state index in [1.807, 2.05) is 18.4 Å². The normalized spacial score (nSPS) is 21.4. The Labute approximate surface area is 317 Å². The zero-order valence-electron chi connectivity index (χ0n) is 30.1. The summed E-state index contributed by atoms with van der Waals surface area (Å²) in [6.45, 7) is 1.62. The highest BCUT2D eigenvalue weighted by atomic mass is 35.5. The molecular formula is C37H42ClN3O10S2. The maximum atomic E-state index is 14.4. The number of ketones is 2. The number of aromatic nitrogens is 2. The molecule has 2 aliphatic carbocycles. The number of amides is 1. The molecule has 2 heterocycles. The van der Waals surface area contributed by atoms with E-state index in [2.05, 4.69) is 15.5 Å². The molecule has 1 fully saturated rings. The first-order valence-corrected chi connectivity index (χ1v) is 21.0. The summed E-state index contributed by atoms with van der Waals surface area (Å²) in [6.07, 6.45) is 6.31. The van der Waals surface area contributed by atoms with Gasteiger partial charge in [-0.25, -0.2) is 8.42 Å². The third kappa shape index (κ3) is 7.39. The number of allylic oxidation sites excluding steroid dienone is 1. The van der Waals surface area contributed by atoms with E-state index >= 15 is 0 Å². The number of aliphatic hydroxyl groups excluding tert-OH is 1. The number of nitrogens with zero attached hydrogens (tertiary/aromatic N) is 2. The molecule has 1 aromatic heterocycles. The minimum absolute atomic E-state index is 0.00531. The summed E-state index contributed by atoms with van der Waals surface area (Å²) in [6, 6.07) is 7.67. The van der Waals surface area contributed by atoms with E-state index in [0.717, 1.165) is 36.8 Å². The standard InChI is InChI=1S/C37H42ClN3O10S2/c1-19-16-25(42)29(33(44)37(19)34(45)30-26(48-2)18-27(49-3)31(38)32(30)50-37)23(20-10-12-22(52-4)13-11-20)17-28(43)39-24(14-15-53(5,46)47)36-40-35(41-51-36)21-8-6-7-9-21/h10-13,18-19,21,23-24,44H,6-9,14-17H2,1-5H3,(H,39,43). The fourth-order valence-corrected chi connectivity index (χ4v) is 8.86. The van der Waals surface area contributed by atoms with Crippen LogP contribution < -0.4 is 19.5 Å². The molecule has 13 nitrogen and oxygen atoms in total. The molecule has 2 aromatic carbocycles. The Morgan fingerprint density at radius 3 is 2.45 bits per heavy atom. The fourth-order valence-electron chi connectivity index (χ4n) is 7.53. The van der Waals surface area contributed by atoms with Crippen molar-refractivity contribution in [2.75, 3.05) is 32.5 Å². The third-order valence-electron chi connectivity index (χ3n) is 10.4. The molecule has 3 aliphatic rings. The van der Waals surface area contributed by atoms with Gasteiger partial charge in [-0.3, -0.25) is 14.4 Å². The van der Waals surface area contributed by atoms with Crippen LogP contribution in [-0.2, 0) is 19.4 Å². The van der Waals surface area contributed by atoms with Gasteiger partial charge in [0, 0.05) is 53.4 Å². The summed E-state index contributed by atoms with van der Waals surface area (Å²) in [5.74, 6) is -3.53. The maximum absolute atomic E-state index is 14.4. The lowest BCUT2D eigenvalue weighted by Gasteiger charge is -2.38. The molecule has 284 valence electrons. The van der Waals surface area contributed by atoms with Gasteiger partial charge in [0.25, 0.3) is 0 Å². The second-order valence-corrected chi connectivity index (χ2v) is 17.3. The van der Waals surface area contributed by atoms with Crippen molar-refractivity contribution in [1.82, 2.24) is 15.5 Å². The summed E-state index contributed by atoms with van der Waals surface area (Å²) < 4.78 is 47.2. The monoisotopic (exact) mass is 787 g/mol. The Hall–Kier alpha value is -4.08. The van der Waals surface area contributed by atoms with Crippen molar-refractivity contribution in [2.45, 2.75) is 80.2 Å². The lowest BCUT2D eigenvalue weighted by Crippen LogP contribution is -2.53. The Morgan fingerprint density at radius 2 is 1.83 bits per heavy atom. The van der Waals surface area contributed by atoms with E-state index in [1.54, 1.807) is 19.1 Å². The number of fused-ring (bicyclic) bond motifs is 1. The molecule has 4 unspecified atom stereocenters. The number of carbonyl (C=O) groups is 3. The van der Waals surface area contributed by atoms with Crippen LogP contribution in [0.4, 0.5) is 0 Å². The number of ether oxygens (including phenoxy) is 3. The largest absolute Gasteiger partial charge is 0.507 e. The Morgan fingerprint density at radius 1 is 1.15 bits per heavy atom. The zero-order chi connectivity index (χ0) is 38.2. The molecule has 1 aliphatic heterocycles. The number of halogens is 1. The molecule has 6 rings (SSSR count). The van der Waals surface area contributed by atoms with Crippen LogP contribution in [0.5, 0.6) is 17.2 Å². The van der Waals surface area contributed by atoms with Gasteiger partial charge in [0.1, 0.15) is 38.0 Å². The van der Waals surface area contributed by atoms with Crippen LogP contribution in [0.2, 0.25) is 5.02 Å². The van der Waals surface area contributed by atoms with Gasteiger partial charge in [0.05, 0.1) is 20.0 Å². The maximum Gasteiger partial charge on any atom is 0.249 e. The van der Waals surface area contributed by atoms with Crippen LogP contribution in [0.1, 0.15) is 97.4 Å². The SMILES string of the molecule is COc1cc(OC)c2c(c1Cl)OC1(C2=O)C(O)=C(C(CC(=O)NC(CCS(C)(=O)=O)c2nc(C3CCCC3)no2)c2ccc(SC)cc2)C(=O)CC1C. The number of aliphatic hydroxyl groups is 1. The highest BCUT2D eigenvalue weighted by Gasteiger charge is 2.61. The van der Waals surface area contributed by atoms with E-state index in [4.69, 9.17) is 30.3 Å². The second-order valence-electron chi connectivity index (χ2n) is 13.8. The van der Waals surface area contributed by atoms with Crippen LogP contribution in [0.15, 0.2) is 51.1 Å². The van der Waals surface area contributed by atoms with Crippen molar-refractivity contribution >= 4 is 50.7 Å². The number of hydrogen-bond acceptors (Lipinski definition) is 13. The third-order valence-corrected chi connectivity index (χ3v) is 12.4. The van der Waals surface area contributed by atoms with Gasteiger partial charge >= 0.3 is 0 Å². The molecule has 1 spiro atoms. The number of Topliss-reactive ketones (excluding diaryl/α,β-unsaturated/α-hetero) is 2. The predicted molar refractivity (Wildman–Crippen MR) is 197 cm³/mol. The molecule has 16 heteroatoms. The van der Waals surface area contributed by atoms with Gasteiger partial charge in [-0.1, -0.05) is 48.7 Å². The van der Waals surface area contributed by atoms with Crippen LogP contribution in [0, 0.1) is 5.92 Å². The number of methoxy groups -OCH3 is 2. The summed E-state index contributed by atoms with van der Waals surface area (Å²) >= 11 is 8.13. The molecule has 1 amide bonds. The summed E-state index contributed by atoms with van der Waals surface area (Å²) in [4.78, 5) is 48.0. The average Bonchev–Trinajstić information content (AvgIpc) is 3.90. The number of thioether (sulfide) groups is 1. The first-order chi connectivity index (χ1) is 25.2. The predicted octanol–water partition coefficient (Wildman–Crippen LogP) is 6.32. The number of sulfone groups is 1. The molecular weight excluding hydrogens is 746 g/mol. The van der Waals surface area contributed by atoms with Crippen LogP contribution in [0.3, 0.4) is 0 Å². The minimum Gasteiger partial charge on any atom is -0.507 e. The second kappa shape index (κ2) is 15.3. The molecule has 0 saturated heterocycles. The Balaban J connectivity index is 1.40.